The molecule has 4 amide bonds. The minimum absolute atomic E-state index is 0.0450. The maximum absolute atomic E-state index is 12.7. The normalized spacial score (nSPS) is 30.1. The molecule has 2 aliphatic carbocycles. The zero-order valence-corrected chi connectivity index (χ0v) is 16.8. The Kier molecular flexibility index (Phi) is 6.07. The highest BCUT2D eigenvalue weighted by Crippen LogP contribution is 2.27. The van der Waals surface area contributed by atoms with Gasteiger partial charge in [-0.05, 0) is 38.5 Å². The molecule has 7 nitrogen and oxygen atoms in total. The fourth-order valence-electron chi connectivity index (χ4n) is 5.54. The topological polar surface area (TPSA) is 81.8 Å². The minimum Gasteiger partial charge on any atom is -0.338 e. The zero-order chi connectivity index (χ0) is 19.5. The van der Waals surface area contributed by atoms with Gasteiger partial charge in [-0.25, -0.2) is 4.79 Å². The van der Waals surface area contributed by atoms with Crippen LogP contribution in [0.5, 0.6) is 0 Å². The van der Waals surface area contributed by atoms with Crippen LogP contribution in [-0.4, -0.2) is 64.9 Å². The van der Waals surface area contributed by atoms with Crippen molar-refractivity contribution in [2.45, 2.75) is 101 Å². The fourth-order valence-corrected chi connectivity index (χ4v) is 5.54. The van der Waals surface area contributed by atoms with Gasteiger partial charge in [0.25, 0.3) is 0 Å². The van der Waals surface area contributed by atoms with Crippen molar-refractivity contribution in [3.63, 3.8) is 0 Å². The van der Waals surface area contributed by atoms with Crippen molar-refractivity contribution in [2.24, 2.45) is 0 Å². The molecular formula is C21H34N4O3. The van der Waals surface area contributed by atoms with Gasteiger partial charge in [-0.3, -0.25) is 9.59 Å². The average molecular weight is 391 g/mol. The van der Waals surface area contributed by atoms with Crippen molar-refractivity contribution in [1.29, 1.82) is 0 Å². The smallest absolute Gasteiger partial charge is 0.316 e. The van der Waals surface area contributed by atoms with Crippen molar-refractivity contribution < 1.29 is 14.4 Å². The van der Waals surface area contributed by atoms with Crippen LogP contribution in [0.4, 0.5) is 4.79 Å². The van der Waals surface area contributed by atoms with E-state index in [9.17, 15) is 14.4 Å². The van der Waals surface area contributed by atoms with E-state index < -0.39 is 12.1 Å². The van der Waals surface area contributed by atoms with Crippen molar-refractivity contribution in [2.75, 3.05) is 13.1 Å². The molecule has 0 bridgehead atoms. The van der Waals surface area contributed by atoms with E-state index in [1.807, 2.05) is 9.80 Å². The third-order valence-corrected chi connectivity index (χ3v) is 7.12. The minimum atomic E-state index is -0.451. The second-order valence-electron chi connectivity index (χ2n) is 8.95. The van der Waals surface area contributed by atoms with Gasteiger partial charge < -0.3 is 20.4 Å². The Bertz CT molecular complexity index is 548. The molecule has 0 aromatic heterocycles. The SMILES string of the molecule is O=C(N[C@H]1CCN(C2CCCCC2)C1=O)N[C@H]1CCN(C2CCCCC2)C1=O. The van der Waals surface area contributed by atoms with Crippen molar-refractivity contribution in [3.8, 4) is 0 Å². The van der Waals surface area contributed by atoms with Gasteiger partial charge in [0.1, 0.15) is 12.1 Å². The number of urea groups is 1. The Morgan fingerprint density at radius 1 is 0.643 bits per heavy atom. The number of nitrogens with zero attached hydrogens (tertiary/aromatic N) is 2. The first-order valence-electron chi connectivity index (χ1n) is 11.3. The first-order chi connectivity index (χ1) is 13.6. The van der Waals surface area contributed by atoms with Crippen molar-refractivity contribution >= 4 is 17.8 Å². The second kappa shape index (κ2) is 8.70. The lowest BCUT2D eigenvalue weighted by atomic mass is 9.94. The van der Waals surface area contributed by atoms with Crippen LogP contribution in [0.1, 0.15) is 77.0 Å². The number of hydrogen-bond acceptors (Lipinski definition) is 3. The van der Waals surface area contributed by atoms with E-state index in [4.69, 9.17) is 0 Å². The summed E-state index contributed by atoms with van der Waals surface area (Å²) in [4.78, 5) is 41.8. The van der Waals surface area contributed by atoms with Crippen LogP contribution in [0.2, 0.25) is 0 Å². The molecule has 2 heterocycles. The summed E-state index contributed by atoms with van der Waals surface area (Å²) < 4.78 is 0. The molecule has 2 atom stereocenters. The second-order valence-corrected chi connectivity index (χ2v) is 8.95. The van der Waals surface area contributed by atoms with Gasteiger partial charge in [0.2, 0.25) is 11.8 Å². The summed E-state index contributed by atoms with van der Waals surface area (Å²) in [6.07, 6.45) is 12.9. The van der Waals surface area contributed by atoms with Crippen LogP contribution in [0.25, 0.3) is 0 Å². The molecular weight excluding hydrogens is 356 g/mol. The Hall–Kier alpha value is -1.79. The summed E-state index contributed by atoms with van der Waals surface area (Å²) in [5.41, 5.74) is 0. The van der Waals surface area contributed by atoms with Crippen molar-refractivity contribution in [3.05, 3.63) is 0 Å². The molecule has 0 aromatic carbocycles. The molecule has 7 heteroatoms. The summed E-state index contributed by atoms with van der Waals surface area (Å²) in [5, 5.41) is 5.66. The molecule has 2 aliphatic heterocycles. The van der Waals surface area contributed by atoms with Crippen LogP contribution >= 0.6 is 0 Å². The summed E-state index contributed by atoms with van der Waals surface area (Å²) in [6, 6.07) is -0.596. The molecule has 4 rings (SSSR count). The number of likely N-dealkylation sites (tertiary alicyclic amines) is 2. The molecule has 28 heavy (non-hydrogen) atoms. The Labute approximate surface area is 167 Å². The largest absolute Gasteiger partial charge is 0.338 e. The summed E-state index contributed by atoms with van der Waals surface area (Å²) >= 11 is 0. The molecule has 2 saturated carbocycles. The van der Waals surface area contributed by atoms with Crippen LogP contribution < -0.4 is 10.6 Å². The van der Waals surface area contributed by atoms with E-state index in [1.165, 1.54) is 38.5 Å². The van der Waals surface area contributed by atoms with Gasteiger partial charge in [-0.1, -0.05) is 38.5 Å². The molecule has 0 aromatic rings. The summed E-state index contributed by atoms with van der Waals surface area (Å²) in [7, 11) is 0. The highest BCUT2D eigenvalue weighted by molar-refractivity contribution is 5.92. The van der Waals surface area contributed by atoms with Crippen LogP contribution in [0, 0.1) is 0 Å². The highest BCUT2D eigenvalue weighted by atomic mass is 16.2. The molecule has 2 N–H and O–H groups in total. The fraction of sp³-hybridized carbons (Fsp3) is 0.857. The van der Waals surface area contributed by atoms with Gasteiger partial charge in [-0.2, -0.15) is 0 Å². The van der Waals surface area contributed by atoms with Crippen LogP contribution in [0.15, 0.2) is 0 Å². The average Bonchev–Trinajstić information content (AvgIpc) is 3.26. The van der Waals surface area contributed by atoms with Gasteiger partial charge in [0, 0.05) is 25.2 Å². The standard InChI is InChI=1S/C21H34N4O3/c26-19-17(11-13-24(19)15-7-3-1-4-8-15)22-21(28)23-18-12-14-25(20(18)27)16-9-5-2-6-10-16/h15-18H,1-14H2,(H2,22,23,28)/t17-,18-/m0/s1. The van der Waals surface area contributed by atoms with Gasteiger partial charge in [0.05, 0.1) is 0 Å². The molecule has 0 radical (unpaired) electrons. The molecule has 2 saturated heterocycles. The molecule has 156 valence electrons. The molecule has 4 aliphatic rings. The number of carbonyl (C=O) groups excluding carboxylic acids is 3. The molecule has 0 unspecified atom stereocenters. The number of nitrogens with one attached hydrogen (secondary N) is 2. The Morgan fingerprint density at radius 3 is 1.43 bits per heavy atom. The molecule has 4 fully saturated rings. The lowest BCUT2D eigenvalue weighted by Crippen LogP contribution is -2.52. The lowest BCUT2D eigenvalue weighted by Gasteiger charge is -2.31. The number of hydrogen-bond donors (Lipinski definition) is 2. The summed E-state index contributed by atoms with van der Waals surface area (Å²) in [6.45, 7) is 1.46. The number of carbonyl (C=O) groups is 3. The Morgan fingerprint density at radius 2 is 1.04 bits per heavy atom. The van der Waals surface area contributed by atoms with Crippen molar-refractivity contribution in [1.82, 2.24) is 20.4 Å². The van der Waals surface area contributed by atoms with Gasteiger partial charge in [-0.15, -0.1) is 0 Å². The van der Waals surface area contributed by atoms with Crippen LogP contribution in [-0.2, 0) is 9.59 Å². The zero-order valence-electron chi connectivity index (χ0n) is 16.8. The van der Waals surface area contributed by atoms with Gasteiger partial charge in [0.15, 0.2) is 0 Å². The number of amides is 4. The van der Waals surface area contributed by atoms with E-state index in [2.05, 4.69) is 10.6 Å². The highest BCUT2D eigenvalue weighted by Gasteiger charge is 2.39. The third kappa shape index (κ3) is 4.13. The number of rotatable bonds is 4. The maximum atomic E-state index is 12.7. The predicted octanol–water partition coefficient (Wildman–Crippen LogP) is 2.15. The van der Waals surface area contributed by atoms with Crippen LogP contribution in [0.3, 0.4) is 0 Å². The Balaban J connectivity index is 1.25. The monoisotopic (exact) mass is 390 g/mol. The van der Waals surface area contributed by atoms with E-state index in [-0.39, 0.29) is 17.8 Å². The van der Waals surface area contributed by atoms with E-state index in [0.29, 0.717) is 24.9 Å². The predicted molar refractivity (Wildman–Crippen MR) is 106 cm³/mol. The van der Waals surface area contributed by atoms with E-state index in [0.717, 1.165) is 38.8 Å². The van der Waals surface area contributed by atoms with E-state index in [1.54, 1.807) is 0 Å². The lowest BCUT2D eigenvalue weighted by molar-refractivity contribution is -0.132. The maximum Gasteiger partial charge on any atom is 0.316 e. The first kappa shape index (κ1) is 19.5. The molecule has 0 spiro atoms. The quantitative estimate of drug-likeness (QED) is 0.772. The van der Waals surface area contributed by atoms with E-state index >= 15 is 0 Å². The first-order valence-corrected chi connectivity index (χ1v) is 11.3. The summed E-state index contributed by atoms with van der Waals surface area (Å²) in [5.74, 6) is 0.0901. The third-order valence-electron chi connectivity index (χ3n) is 7.12. The van der Waals surface area contributed by atoms with Gasteiger partial charge >= 0.3 is 6.03 Å².